The van der Waals surface area contributed by atoms with E-state index >= 15 is 0 Å². The molecule has 0 bridgehead atoms. The van der Waals surface area contributed by atoms with Crippen molar-refractivity contribution in [2.45, 2.75) is 6.61 Å². The van der Waals surface area contributed by atoms with E-state index in [1.165, 1.54) is 0 Å². The van der Waals surface area contributed by atoms with E-state index in [1.54, 1.807) is 32.4 Å². The summed E-state index contributed by atoms with van der Waals surface area (Å²) in [6, 6.07) is 14.8. The minimum Gasteiger partial charge on any atom is -0.497 e. The van der Waals surface area contributed by atoms with Crippen LogP contribution in [0.25, 0.3) is 0 Å². The van der Waals surface area contributed by atoms with Gasteiger partial charge in [0.05, 0.1) is 25.9 Å². The minimum absolute atomic E-state index is 0.419. The maximum absolute atomic E-state index is 8.95. The van der Waals surface area contributed by atoms with Crippen LogP contribution in [0.4, 0.5) is 0 Å². The molecule has 0 atom stereocenters. The van der Waals surface area contributed by atoms with E-state index in [0.717, 1.165) is 11.3 Å². The first kappa shape index (κ1) is 13.8. The Morgan fingerprint density at radius 1 is 0.900 bits per heavy atom. The third-order valence-electron chi connectivity index (χ3n) is 2.81. The number of rotatable bonds is 5. The lowest BCUT2D eigenvalue weighted by molar-refractivity contribution is 0.303. The van der Waals surface area contributed by atoms with E-state index in [4.69, 9.17) is 19.5 Å². The second kappa shape index (κ2) is 6.48. The standard InChI is InChI=1S/C16H15NO3/c1-18-14-5-3-12(4-6-14)11-20-16-8-13(10-17)7-15(9-16)19-2/h3-9H,11H2,1-2H3. The Balaban J connectivity index is 2.08. The Morgan fingerprint density at radius 3 is 2.15 bits per heavy atom. The predicted octanol–water partition coefficient (Wildman–Crippen LogP) is 3.15. The molecule has 0 aromatic heterocycles. The molecule has 0 spiro atoms. The summed E-state index contributed by atoms with van der Waals surface area (Å²) >= 11 is 0. The zero-order valence-corrected chi connectivity index (χ0v) is 11.4. The van der Waals surface area contributed by atoms with Crippen LogP contribution < -0.4 is 14.2 Å². The lowest BCUT2D eigenvalue weighted by Gasteiger charge is -2.09. The van der Waals surface area contributed by atoms with Crippen LogP contribution in [0.3, 0.4) is 0 Å². The van der Waals surface area contributed by atoms with Crippen LogP contribution in [0.1, 0.15) is 11.1 Å². The maximum atomic E-state index is 8.95. The molecule has 2 rings (SSSR count). The van der Waals surface area contributed by atoms with E-state index in [9.17, 15) is 0 Å². The largest absolute Gasteiger partial charge is 0.497 e. The van der Waals surface area contributed by atoms with Gasteiger partial charge in [-0.3, -0.25) is 0 Å². The van der Waals surface area contributed by atoms with E-state index in [2.05, 4.69) is 6.07 Å². The summed E-state index contributed by atoms with van der Waals surface area (Å²) < 4.78 is 15.9. The fraction of sp³-hybridized carbons (Fsp3) is 0.188. The van der Waals surface area contributed by atoms with E-state index in [0.29, 0.717) is 23.7 Å². The lowest BCUT2D eigenvalue weighted by Crippen LogP contribution is -1.96. The molecular formula is C16H15NO3. The summed E-state index contributed by atoms with van der Waals surface area (Å²) in [5.41, 5.74) is 1.53. The molecular weight excluding hydrogens is 254 g/mol. The number of methoxy groups -OCH3 is 2. The molecule has 0 fully saturated rings. The highest BCUT2D eigenvalue weighted by Crippen LogP contribution is 2.23. The molecule has 0 saturated heterocycles. The minimum atomic E-state index is 0.419. The van der Waals surface area contributed by atoms with Crippen LogP contribution in [0.5, 0.6) is 17.2 Å². The summed E-state index contributed by atoms with van der Waals surface area (Å²) in [6.07, 6.45) is 0. The van der Waals surface area contributed by atoms with Crippen LogP contribution in [-0.4, -0.2) is 14.2 Å². The molecule has 0 unspecified atom stereocenters. The van der Waals surface area contributed by atoms with Gasteiger partial charge in [-0.05, 0) is 29.8 Å². The Bertz CT molecular complexity index is 615. The van der Waals surface area contributed by atoms with Gasteiger partial charge in [-0.2, -0.15) is 5.26 Å². The molecule has 20 heavy (non-hydrogen) atoms. The zero-order chi connectivity index (χ0) is 14.4. The normalized spacial score (nSPS) is 9.65. The second-order valence-corrected chi connectivity index (χ2v) is 4.15. The van der Waals surface area contributed by atoms with Crippen molar-refractivity contribution >= 4 is 0 Å². The number of nitriles is 1. The van der Waals surface area contributed by atoms with Crippen molar-refractivity contribution in [1.29, 1.82) is 5.26 Å². The van der Waals surface area contributed by atoms with Crippen molar-refractivity contribution in [2.24, 2.45) is 0 Å². The summed E-state index contributed by atoms with van der Waals surface area (Å²) in [7, 11) is 3.19. The molecule has 0 saturated carbocycles. The summed E-state index contributed by atoms with van der Waals surface area (Å²) in [4.78, 5) is 0. The first-order valence-corrected chi connectivity index (χ1v) is 6.10. The number of hydrogen-bond acceptors (Lipinski definition) is 4. The molecule has 102 valence electrons. The van der Waals surface area contributed by atoms with Crippen LogP contribution >= 0.6 is 0 Å². The Morgan fingerprint density at radius 2 is 1.55 bits per heavy atom. The average Bonchev–Trinajstić information content (AvgIpc) is 2.53. The van der Waals surface area contributed by atoms with Crippen molar-refractivity contribution in [2.75, 3.05) is 14.2 Å². The highest BCUT2D eigenvalue weighted by Gasteiger charge is 2.03. The van der Waals surface area contributed by atoms with E-state index in [1.807, 2.05) is 24.3 Å². The van der Waals surface area contributed by atoms with Crippen molar-refractivity contribution < 1.29 is 14.2 Å². The summed E-state index contributed by atoms with van der Waals surface area (Å²) in [6.45, 7) is 0.419. The van der Waals surface area contributed by atoms with Gasteiger partial charge in [0.25, 0.3) is 0 Å². The first-order chi connectivity index (χ1) is 9.75. The summed E-state index contributed by atoms with van der Waals surface area (Å²) in [5, 5.41) is 8.95. The Labute approximate surface area is 118 Å². The van der Waals surface area contributed by atoms with E-state index < -0.39 is 0 Å². The third kappa shape index (κ3) is 3.42. The van der Waals surface area contributed by atoms with Crippen LogP contribution in [-0.2, 0) is 6.61 Å². The van der Waals surface area contributed by atoms with Crippen molar-refractivity contribution in [3.05, 3.63) is 53.6 Å². The van der Waals surface area contributed by atoms with Gasteiger partial charge in [-0.15, -0.1) is 0 Å². The monoisotopic (exact) mass is 269 g/mol. The van der Waals surface area contributed by atoms with Crippen LogP contribution in [0, 0.1) is 11.3 Å². The molecule has 4 nitrogen and oxygen atoms in total. The van der Waals surface area contributed by atoms with Gasteiger partial charge in [-0.25, -0.2) is 0 Å². The van der Waals surface area contributed by atoms with Gasteiger partial charge in [-0.1, -0.05) is 12.1 Å². The average molecular weight is 269 g/mol. The zero-order valence-electron chi connectivity index (χ0n) is 11.4. The highest BCUT2D eigenvalue weighted by atomic mass is 16.5. The number of nitrogens with zero attached hydrogens (tertiary/aromatic N) is 1. The van der Waals surface area contributed by atoms with Crippen molar-refractivity contribution in [3.8, 4) is 23.3 Å². The quantitative estimate of drug-likeness (QED) is 0.836. The highest BCUT2D eigenvalue weighted by molar-refractivity contribution is 5.44. The molecule has 0 heterocycles. The SMILES string of the molecule is COc1ccc(COc2cc(C#N)cc(OC)c2)cc1. The molecule has 2 aromatic rings. The molecule has 0 aliphatic heterocycles. The molecule has 0 amide bonds. The van der Waals surface area contributed by atoms with Crippen LogP contribution in [0.15, 0.2) is 42.5 Å². The van der Waals surface area contributed by atoms with Gasteiger partial charge in [0, 0.05) is 6.07 Å². The maximum Gasteiger partial charge on any atom is 0.124 e. The first-order valence-electron chi connectivity index (χ1n) is 6.10. The number of hydrogen-bond donors (Lipinski definition) is 0. The molecule has 0 aliphatic carbocycles. The fourth-order valence-corrected chi connectivity index (χ4v) is 1.73. The number of ether oxygens (including phenoxy) is 3. The smallest absolute Gasteiger partial charge is 0.124 e. The lowest BCUT2D eigenvalue weighted by atomic mass is 10.2. The third-order valence-corrected chi connectivity index (χ3v) is 2.81. The van der Waals surface area contributed by atoms with Gasteiger partial charge in [0.15, 0.2) is 0 Å². The molecule has 0 N–H and O–H groups in total. The topological polar surface area (TPSA) is 51.5 Å². The van der Waals surface area contributed by atoms with Crippen molar-refractivity contribution in [1.82, 2.24) is 0 Å². The van der Waals surface area contributed by atoms with Gasteiger partial charge < -0.3 is 14.2 Å². The molecule has 4 heteroatoms. The van der Waals surface area contributed by atoms with Gasteiger partial charge in [0.1, 0.15) is 23.9 Å². The Hall–Kier alpha value is -2.67. The molecule has 0 radical (unpaired) electrons. The van der Waals surface area contributed by atoms with E-state index in [-0.39, 0.29) is 0 Å². The number of benzene rings is 2. The van der Waals surface area contributed by atoms with Crippen molar-refractivity contribution in [3.63, 3.8) is 0 Å². The van der Waals surface area contributed by atoms with Gasteiger partial charge in [0.2, 0.25) is 0 Å². The molecule has 0 aliphatic rings. The Kier molecular flexibility index (Phi) is 4.46. The summed E-state index contributed by atoms with van der Waals surface area (Å²) in [5.74, 6) is 2.02. The van der Waals surface area contributed by atoms with Gasteiger partial charge >= 0.3 is 0 Å². The van der Waals surface area contributed by atoms with Crippen LogP contribution in [0.2, 0.25) is 0 Å². The fourth-order valence-electron chi connectivity index (χ4n) is 1.73. The second-order valence-electron chi connectivity index (χ2n) is 4.15. The molecule has 2 aromatic carbocycles. The predicted molar refractivity (Wildman–Crippen MR) is 75.0 cm³/mol.